The van der Waals surface area contributed by atoms with Crippen LogP contribution >= 0.6 is 24.0 Å². The summed E-state index contributed by atoms with van der Waals surface area (Å²) in [5.74, 6) is 1.26. The van der Waals surface area contributed by atoms with Crippen molar-refractivity contribution in [3.63, 3.8) is 0 Å². The summed E-state index contributed by atoms with van der Waals surface area (Å²) in [6, 6.07) is 8.86. The van der Waals surface area contributed by atoms with Crippen molar-refractivity contribution in [2.75, 3.05) is 46.0 Å². The molecule has 2 aliphatic rings. The minimum Gasteiger partial charge on any atom is -0.356 e. The van der Waals surface area contributed by atoms with Crippen LogP contribution in [0.4, 0.5) is 0 Å². The molecule has 31 heavy (non-hydrogen) atoms. The number of piperidine rings is 2. The van der Waals surface area contributed by atoms with E-state index in [0.29, 0.717) is 19.0 Å². The number of nitrogens with zero attached hydrogens (tertiary/aromatic N) is 3. The third-order valence-corrected chi connectivity index (χ3v) is 7.47. The van der Waals surface area contributed by atoms with E-state index >= 15 is 0 Å². The number of hydrogen-bond donors (Lipinski definition) is 2. The lowest BCUT2D eigenvalue weighted by Gasteiger charge is -2.30. The summed E-state index contributed by atoms with van der Waals surface area (Å²) in [4.78, 5) is 6.86. The number of guanidine groups is 1. The molecule has 2 fully saturated rings. The topological polar surface area (TPSA) is 77.0 Å². The Morgan fingerprint density at radius 3 is 2.19 bits per heavy atom. The number of likely N-dealkylation sites (tertiary alicyclic amines) is 1. The Balaban J connectivity index is 0.00000341. The molecule has 0 radical (unpaired) electrons. The summed E-state index contributed by atoms with van der Waals surface area (Å²) in [5, 5.41) is 6.77. The lowest BCUT2D eigenvalue weighted by atomic mass is 9.98. The molecule has 7 nitrogen and oxygen atoms in total. The molecule has 0 saturated carbocycles. The number of sulfonamides is 1. The van der Waals surface area contributed by atoms with Gasteiger partial charge in [-0.3, -0.25) is 9.89 Å². The summed E-state index contributed by atoms with van der Waals surface area (Å²) in [7, 11) is -1.28. The molecule has 0 spiro atoms. The van der Waals surface area contributed by atoms with Crippen LogP contribution in [0, 0.1) is 5.92 Å². The molecule has 2 saturated heterocycles. The van der Waals surface area contributed by atoms with Crippen molar-refractivity contribution in [1.29, 1.82) is 0 Å². The molecule has 176 valence electrons. The van der Waals surface area contributed by atoms with Gasteiger partial charge >= 0.3 is 0 Å². The SMILES string of the molecule is CN=C(NCc1ccc(CN2CCCCC2)cc1)NCC1CCN(S(C)(=O)=O)CC1.I. The standard InChI is InChI=1S/C22H37N5O2S.HI/c1-23-22(25-17-20-10-14-27(15-11-20)30(2,28)29)24-16-19-6-8-21(9-7-19)18-26-12-4-3-5-13-26;/h6-9,20H,3-5,10-18H2,1-2H3,(H2,23,24,25);1H. The summed E-state index contributed by atoms with van der Waals surface area (Å²) in [6.45, 7) is 6.26. The zero-order chi connectivity index (χ0) is 21.4. The van der Waals surface area contributed by atoms with Crippen LogP contribution in [0.15, 0.2) is 29.3 Å². The minimum atomic E-state index is -3.06. The van der Waals surface area contributed by atoms with Crippen LogP contribution in [0.1, 0.15) is 43.2 Å². The van der Waals surface area contributed by atoms with Crippen molar-refractivity contribution >= 4 is 40.0 Å². The van der Waals surface area contributed by atoms with Crippen LogP contribution in [0.5, 0.6) is 0 Å². The molecule has 2 heterocycles. The van der Waals surface area contributed by atoms with Gasteiger partial charge in [-0.15, -0.1) is 24.0 Å². The number of hydrogen-bond acceptors (Lipinski definition) is 4. The van der Waals surface area contributed by atoms with E-state index in [1.807, 2.05) is 0 Å². The summed E-state index contributed by atoms with van der Waals surface area (Å²) in [5.41, 5.74) is 2.62. The second-order valence-corrected chi connectivity index (χ2v) is 10.5. The van der Waals surface area contributed by atoms with Crippen molar-refractivity contribution in [2.24, 2.45) is 10.9 Å². The molecule has 0 aliphatic carbocycles. The molecule has 9 heteroatoms. The van der Waals surface area contributed by atoms with Gasteiger partial charge in [0, 0.05) is 39.8 Å². The van der Waals surface area contributed by atoms with E-state index < -0.39 is 10.0 Å². The lowest BCUT2D eigenvalue weighted by molar-refractivity contribution is 0.221. The van der Waals surface area contributed by atoms with Gasteiger partial charge in [0.2, 0.25) is 10.0 Å². The molecule has 2 aliphatic heterocycles. The molecule has 0 unspecified atom stereocenters. The maximum atomic E-state index is 11.6. The van der Waals surface area contributed by atoms with Crippen molar-refractivity contribution < 1.29 is 8.42 Å². The van der Waals surface area contributed by atoms with Gasteiger partial charge in [-0.1, -0.05) is 30.7 Å². The van der Waals surface area contributed by atoms with Crippen molar-refractivity contribution in [2.45, 2.75) is 45.2 Å². The molecule has 3 rings (SSSR count). The molecule has 2 N–H and O–H groups in total. The Kier molecular flexibility index (Phi) is 11.0. The first-order chi connectivity index (χ1) is 14.4. The highest BCUT2D eigenvalue weighted by Gasteiger charge is 2.24. The van der Waals surface area contributed by atoms with Gasteiger partial charge < -0.3 is 10.6 Å². The van der Waals surface area contributed by atoms with Crippen molar-refractivity contribution in [3.8, 4) is 0 Å². The Morgan fingerprint density at radius 1 is 1.00 bits per heavy atom. The van der Waals surface area contributed by atoms with Gasteiger partial charge in [0.15, 0.2) is 5.96 Å². The van der Waals surface area contributed by atoms with Crippen molar-refractivity contribution in [1.82, 2.24) is 19.8 Å². The summed E-state index contributed by atoms with van der Waals surface area (Å²) < 4.78 is 24.8. The summed E-state index contributed by atoms with van der Waals surface area (Å²) >= 11 is 0. The van der Waals surface area contributed by atoms with E-state index in [4.69, 9.17) is 0 Å². The van der Waals surface area contributed by atoms with E-state index in [1.165, 1.54) is 49.7 Å². The first kappa shape index (κ1) is 26.3. The number of nitrogens with one attached hydrogen (secondary N) is 2. The van der Waals surface area contributed by atoms with Gasteiger partial charge in [-0.05, 0) is 55.8 Å². The van der Waals surface area contributed by atoms with Gasteiger partial charge in [-0.25, -0.2) is 12.7 Å². The van der Waals surface area contributed by atoms with Gasteiger partial charge in [0.05, 0.1) is 6.26 Å². The maximum Gasteiger partial charge on any atom is 0.211 e. The lowest BCUT2D eigenvalue weighted by Crippen LogP contribution is -2.43. The highest BCUT2D eigenvalue weighted by atomic mass is 127. The number of benzene rings is 1. The van der Waals surface area contributed by atoms with Crippen LogP contribution < -0.4 is 10.6 Å². The first-order valence-corrected chi connectivity index (χ1v) is 13.0. The van der Waals surface area contributed by atoms with Gasteiger partial charge in [0.25, 0.3) is 0 Å². The number of rotatable bonds is 7. The molecule has 0 bridgehead atoms. The number of halogens is 1. The third-order valence-electron chi connectivity index (χ3n) is 6.16. The molecule has 0 atom stereocenters. The fourth-order valence-electron chi connectivity index (χ4n) is 4.23. The Bertz CT molecular complexity index is 787. The molecule has 1 aromatic rings. The van der Waals surface area contributed by atoms with E-state index in [0.717, 1.165) is 38.4 Å². The maximum absolute atomic E-state index is 11.6. The van der Waals surface area contributed by atoms with E-state index in [2.05, 4.69) is 44.8 Å². The first-order valence-electron chi connectivity index (χ1n) is 11.1. The minimum absolute atomic E-state index is 0. The predicted molar refractivity (Wildman–Crippen MR) is 138 cm³/mol. The van der Waals surface area contributed by atoms with E-state index in [9.17, 15) is 8.42 Å². The fraction of sp³-hybridized carbons (Fsp3) is 0.682. The van der Waals surface area contributed by atoms with Gasteiger partial charge in [-0.2, -0.15) is 0 Å². The predicted octanol–water partition coefficient (Wildman–Crippen LogP) is 2.63. The van der Waals surface area contributed by atoms with E-state index in [1.54, 1.807) is 11.4 Å². The normalized spacial score (nSPS) is 19.6. The quantitative estimate of drug-likeness (QED) is 0.303. The summed E-state index contributed by atoms with van der Waals surface area (Å²) in [6.07, 6.45) is 7.08. The van der Waals surface area contributed by atoms with Crippen LogP contribution in [-0.4, -0.2) is 69.6 Å². The molecule has 0 amide bonds. The second-order valence-electron chi connectivity index (χ2n) is 8.57. The zero-order valence-corrected chi connectivity index (χ0v) is 22.0. The molecule has 1 aromatic carbocycles. The zero-order valence-electron chi connectivity index (χ0n) is 18.8. The molecule has 0 aromatic heterocycles. The van der Waals surface area contributed by atoms with Crippen LogP contribution in [0.3, 0.4) is 0 Å². The largest absolute Gasteiger partial charge is 0.356 e. The Labute approximate surface area is 205 Å². The average Bonchev–Trinajstić information content (AvgIpc) is 2.75. The highest BCUT2D eigenvalue weighted by molar-refractivity contribution is 14.0. The van der Waals surface area contributed by atoms with Crippen LogP contribution in [0.25, 0.3) is 0 Å². The highest BCUT2D eigenvalue weighted by Crippen LogP contribution is 2.18. The molecular weight excluding hydrogens is 525 g/mol. The molecular formula is C22H38IN5O2S. The van der Waals surface area contributed by atoms with Crippen LogP contribution in [0.2, 0.25) is 0 Å². The van der Waals surface area contributed by atoms with E-state index in [-0.39, 0.29) is 24.0 Å². The van der Waals surface area contributed by atoms with Crippen LogP contribution in [-0.2, 0) is 23.1 Å². The Morgan fingerprint density at radius 2 is 1.61 bits per heavy atom. The van der Waals surface area contributed by atoms with Crippen molar-refractivity contribution in [3.05, 3.63) is 35.4 Å². The fourth-order valence-corrected chi connectivity index (χ4v) is 5.10. The number of aliphatic imine (C=N–C) groups is 1. The monoisotopic (exact) mass is 563 g/mol. The Hall–Kier alpha value is -0.910. The average molecular weight is 564 g/mol. The second kappa shape index (κ2) is 13.0. The third kappa shape index (κ3) is 8.86. The smallest absolute Gasteiger partial charge is 0.211 e. The van der Waals surface area contributed by atoms with Gasteiger partial charge in [0.1, 0.15) is 0 Å².